The van der Waals surface area contributed by atoms with Crippen molar-refractivity contribution >= 4 is 17.2 Å². The normalized spacial score (nSPS) is 14.5. The highest BCUT2D eigenvalue weighted by molar-refractivity contribution is 5.89. The first-order valence-electron chi connectivity index (χ1n) is 14.3. The SMILES string of the molecule is C=C(C)/C=C\C=C(/C)c1nc(C2CN(Cc3ccc(-c4nc5nc(C)cn5c(NC)c4-c4ccccc4)cc3)C2)n[nH]1. The van der Waals surface area contributed by atoms with Gasteiger partial charge in [-0.3, -0.25) is 14.4 Å². The smallest absolute Gasteiger partial charge is 0.236 e. The van der Waals surface area contributed by atoms with Crippen molar-refractivity contribution in [2.45, 2.75) is 33.2 Å². The third-order valence-corrected chi connectivity index (χ3v) is 7.59. The van der Waals surface area contributed by atoms with Gasteiger partial charge in [-0.15, -0.1) is 0 Å². The Morgan fingerprint density at radius 1 is 1.02 bits per heavy atom. The summed E-state index contributed by atoms with van der Waals surface area (Å²) in [4.78, 5) is 16.9. The highest BCUT2D eigenvalue weighted by atomic mass is 15.3. The topological polar surface area (TPSA) is 87.0 Å². The lowest BCUT2D eigenvalue weighted by atomic mass is 9.97. The molecule has 0 bridgehead atoms. The Kier molecular flexibility index (Phi) is 7.54. The van der Waals surface area contributed by atoms with E-state index in [2.05, 4.69) is 80.5 Å². The van der Waals surface area contributed by atoms with Gasteiger partial charge in [0.15, 0.2) is 11.6 Å². The third kappa shape index (κ3) is 5.53. The van der Waals surface area contributed by atoms with Gasteiger partial charge in [-0.05, 0) is 37.5 Å². The molecule has 8 nitrogen and oxygen atoms in total. The van der Waals surface area contributed by atoms with E-state index < -0.39 is 0 Å². The van der Waals surface area contributed by atoms with Crippen molar-refractivity contribution < 1.29 is 0 Å². The molecular weight excluding hydrogens is 520 g/mol. The Morgan fingerprint density at radius 2 is 1.79 bits per heavy atom. The molecule has 5 aromatic rings. The molecule has 1 aliphatic heterocycles. The first kappa shape index (κ1) is 27.4. The first-order valence-corrected chi connectivity index (χ1v) is 14.3. The van der Waals surface area contributed by atoms with Gasteiger partial charge in [0.25, 0.3) is 0 Å². The molecule has 8 heteroatoms. The minimum absolute atomic E-state index is 0.343. The van der Waals surface area contributed by atoms with Crippen LogP contribution in [-0.2, 0) is 6.54 Å². The molecule has 3 aromatic heterocycles. The number of hydrogen-bond donors (Lipinski definition) is 2. The molecule has 0 amide bonds. The number of aromatic amines is 1. The molecule has 6 rings (SSSR count). The lowest BCUT2D eigenvalue weighted by Gasteiger charge is -2.37. The van der Waals surface area contributed by atoms with Crippen molar-refractivity contribution in [1.82, 2.24) is 34.4 Å². The van der Waals surface area contributed by atoms with Crippen LogP contribution in [0.2, 0.25) is 0 Å². The van der Waals surface area contributed by atoms with E-state index in [1.165, 1.54) is 5.56 Å². The molecule has 1 saturated heterocycles. The van der Waals surface area contributed by atoms with E-state index in [9.17, 15) is 0 Å². The van der Waals surface area contributed by atoms with E-state index in [-0.39, 0.29) is 0 Å². The van der Waals surface area contributed by atoms with Crippen molar-refractivity contribution in [2.24, 2.45) is 0 Å². The highest BCUT2D eigenvalue weighted by Gasteiger charge is 2.31. The molecule has 0 aliphatic carbocycles. The fourth-order valence-electron chi connectivity index (χ4n) is 5.41. The van der Waals surface area contributed by atoms with Crippen molar-refractivity contribution in [3.05, 3.63) is 114 Å². The van der Waals surface area contributed by atoms with E-state index in [0.717, 1.165) is 76.3 Å². The van der Waals surface area contributed by atoms with Gasteiger partial charge in [0, 0.05) is 49.9 Å². The molecular formula is C34H36N8. The zero-order valence-corrected chi connectivity index (χ0v) is 24.6. The zero-order chi connectivity index (χ0) is 29.2. The molecule has 4 heterocycles. The average Bonchev–Trinajstić information content (AvgIpc) is 3.60. The van der Waals surface area contributed by atoms with Crippen LogP contribution in [0.3, 0.4) is 0 Å². The second-order valence-electron chi connectivity index (χ2n) is 11.0. The summed E-state index contributed by atoms with van der Waals surface area (Å²) >= 11 is 0. The van der Waals surface area contributed by atoms with Gasteiger partial charge in [-0.1, -0.05) is 85.0 Å². The van der Waals surface area contributed by atoms with Crippen LogP contribution in [0.4, 0.5) is 5.82 Å². The Bertz CT molecular complexity index is 1780. The summed E-state index contributed by atoms with van der Waals surface area (Å²) in [6.45, 7) is 12.7. The summed E-state index contributed by atoms with van der Waals surface area (Å²) in [5.41, 5.74) is 8.42. The minimum Gasteiger partial charge on any atom is -0.374 e. The number of hydrogen-bond acceptors (Lipinski definition) is 6. The number of H-pyrrole nitrogens is 1. The van der Waals surface area contributed by atoms with Gasteiger partial charge in [-0.2, -0.15) is 5.10 Å². The fourth-order valence-corrected chi connectivity index (χ4v) is 5.41. The third-order valence-electron chi connectivity index (χ3n) is 7.59. The van der Waals surface area contributed by atoms with E-state index >= 15 is 0 Å². The number of anilines is 1. The fraction of sp³-hybridized carbons (Fsp3) is 0.235. The summed E-state index contributed by atoms with van der Waals surface area (Å²) in [6.07, 6.45) is 8.02. The van der Waals surface area contributed by atoms with Gasteiger partial charge in [0.1, 0.15) is 5.82 Å². The molecule has 2 aromatic carbocycles. The number of likely N-dealkylation sites (tertiary alicyclic amines) is 1. The Labute approximate surface area is 246 Å². The highest BCUT2D eigenvalue weighted by Crippen LogP contribution is 2.37. The minimum atomic E-state index is 0.343. The van der Waals surface area contributed by atoms with Crippen LogP contribution in [0.25, 0.3) is 33.7 Å². The van der Waals surface area contributed by atoms with E-state index in [1.54, 1.807) is 0 Å². The monoisotopic (exact) mass is 556 g/mol. The lowest BCUT2D eigenvalue weighted by Crippen LogP contribution is -2.44. The van der Waals surface area contributed by atoms with Crippen LogP contribution in [0, 0.1) is 6.92 Å². The predicted molar refractivity (Wildman–Crippen MR) is 170 cm³/mol. The van der Waals surface area contributed by atoms with Crippen LogP contribution >= 0.6 is 0 Å². The van der Waals surface area contributed by atoms with E-state index in [4.69, 9.17) is 9.97 Å². The zero-order valence-electron chi connectivity index (χ0n) is 24.6. The number of imidazole rings is 1. The van der Waals surface area contributed by atoms with Gasteiger partial charge in [0.2, 0.25) is 5.78 Å². The van der Waals surface area contributed by atoms with Crippen LogP contribution in [0.15, 0.2) is 91.2 Å². The number of aromatic nitrogens is 6. The van der Waals surface area contributed by atoms with Crippen LogP contribution in [-0.4, -0.2) is 54.6 Å². The van der Waals surface area contributed by atoms with Gasteiger partial charge >= 0.3 is 0 Å². The summed E-state index contributed by atoms with van der Waals surface area (Å²) in [7, 11) is 1.95. The second kappa shape index (κ2) is 11.6. The number of nitrogens with one attached hydrogen (secondary N) is 2. The first-order chi connectivity index (χ1) is 20.4. The summed E-state index contributed by atoms with van der Waals surface area (Å²) in [6, 6.07) is 19.2. The molecule has 2 N–H and O–H groups in total. The maximum absolute atomic E-state index is 5.02. The number of rotatable bonds is 9. The molecule has 212 valence electrons. The van der Waals surface area contributed by atoms with Gasteiger partial charge in [0.05, 0.1) is 11.4 Å². The Hall–Kier alpha value is -4.82. The summed E-state index contributed by atoms with van der Waals surface area (Å²) in [5.74, 6) is 3.71. The average molecular weight is 557 g/mol. The van der Waals surface area contributed by atoms with Crippen LogP contribution < -0.4 is 5.32 Å². The number of nitrogens with zero attached hydrogens (tertiary/aromatic N) is 6. The molecule has 0 spiro atoms. The van der Waals surface area contributed by atoms with E-state index in [0.29, 0.717) is 11.7 Å². The molecule has 42 heavy (non-hydrogen) atoms. The van der Waals surface area contributed by atoms with Gasteiger partial charge in [-0.25, -0.2) is 15.0 Å². The van der Waals surface area contributed by atoms with Crippen molar-refractivity contribution in [3.8, 4) is 22.4 Å². The number of benzene rings is 2. The van der Waals surface area contributed by atoms with E-state index in [1.807, 2.05) is 62.7 Å². The van der Waals surface area contributed by atoms with Crippen molar-refractivity contribution in [2.75, 3.05) is 25.5 Å². The molecule has 1 fully saturated rings. The van der Waals surface area contributed by atoms with Crippen molar-refractivity contribution in [3.63, 3.8) is 0 Å². The predicted octanol–water partition coefficient (Wildman–Crippen LogP) is 6.67. The largest absolute Gasteiger partial charge is 0.374 e. The molecule has 0 saturated carbocycles. The number of fused-ring (bicyclic) bond motifs is 1. The maximum Gasteiger partial charge on any atom is 0.236 e. The molecule has 0 radical (unpaired) electrons. The summed E-state index contributed by atoms with van der Waals surface area (Å²) in [5, 5.41) is 11.0. The maximum atomic E-state index is 5.02. The van der Waals surface area contributed by atoms with Crippen molar-refractivity contribution in [1.29, 1.82) is 0 Å². The van der Waals surface area contributed by atoms with Crippen LogP contribution in [0.5, 0.6) is 0 Å². The van der Waals surface area contributed by atoms with Gasteiger partial charge < -0.3 is 5.32 Å². The Morgan fingerprint density at radius 3 is 2.50 bits per heavy atom. The number of aryl methyl sites for hydroxylation is 1. The molecule has 0 unspecified atom stereocenters. The molecule has 0 atom stereocenters. The lowest BCUT2D eigenvalue weighted by molar-refractivity contribution is 0.135. The summed E-state index contributed by atoms with van der Waals surface area (Å²) < 4.78 is 2.03. The molecule has 1 aliphatic rings. The second-order valence-corrected chi connectivity index (χ2v) is 11.0. The Balaban J connectivity index is 1.17. The number of allylic oxidation sites excluding steroid dienone is 5. The van der Waals surface area contributed by atoms with Crippen LogP contribution in [0.1, 0.15) is 42.7 Å². The quantitative estimate of drug-likeness (QED) is 0.197. The standard InChI is InChI=1S/C34H36N8/c1-22(2)10-9-11-23(3)31-38-32(40-39-31)28-20-41(21-28)19-25-14-16-27(17-15-25)30-29(26-12-7-6-8-13-26)33(35-5)42-18-24(4)36-34(42)37-30/h6-18,28,35H,1,19-21H2,2-5H3,(H,38,39,40)/b10-9-,23-11+.